The molecule has 1 fully saturated rings. The van der Waals surface area contributed by atoms with Gasteiger partial charge in [-0.2, -0.15) is 0 Å². The average Bonchev–Trinajstić information content (AvgIpc) is 2.34. The van der Waals surface area contributed by atoms with E-state index >= 15 is 0 Å². The van der Waals surface area contributed by atoms with Crippen molar-refractivity contribution < 1.29 is 9.90 Å². The number of carbonyl (C=O) groups is 1. The summed E-state index contributed by atoms with van der Waals surface area (Å²) in [5.41, 5.74) is 1.29. The number of aryl methyl sites for hydroxylation is 1. The first-order valence-electron chi connectivity index (χ1n) is 6.42. The first-order chi connectivity index (χ1) is 8.65. The van der Waals surface area contributed by atoms with E-state index in [0.29, 0.717) is 13.1 Å². The molecule has 2 amide bonds. The van der Waals surface area contributed by atoms with Crippen molar-refractivity contribution >= 4 is 6.03 Å². The second kappa shape index (κ2) is 5.87. The molecule has 1 unspecified atom stereocenters. The molecule has 1 aliphatic rings. The summed E-state index contributed by atoms with van der Waals surface area (Å²) in [4.78, 5) is 13.3. The fourth-order valence-corrected chi connectivity index (χ4v) is 2.02. The van der Waals surface area contributed by atoms with E-state index in [1.165, 1.54) is 5.56 Å². The van der Waals surface area contributed by atoms with E-state index in [1.54, 1.807) is 4.90 Å². The first kappa shape index (κ1) is 12.9. The average molecular weight is 248 g/mol. The van der Waals surface area contributed by atoms with Gasteiger partial charge in [0.1, 0.15) is 0 Å². The maximum Gasteiger partial charge on any atom is 0.317 e. The Labute approximate surface area is 108 Å². The van der Waals surface area contributed by atoms with E-state index in [4.69, 9.17) is 5.11 Å². The predicted molar refractivity (Wildman–Crippen MR) is 70.3 cm³/mol. The van der Waals surface area contributed by atoms with E-state index in [1.807, 2.05) is 25.1 Å². The minimum absolute atomic E-state index is 0.0686. The van der Waals surface area contributed by atoms with Gasteiger partial charge in [0.15, 0.2) is 0 Å². The van der Waals surface area contributed by atoms with Gasteiger partial charge in [-0.25, -0.2) is 4.79 Å². The van der Waals surface area contributed by atoms with E-state index in [9.17, 15) is 4.79 Å². The third kappa shape index (κ3) is 3.47. The summed E-state index contributed by atoms with van der Waals surface area (Å²) in [7, 11) is 0. The number of hydrogen-bond acceptors (Lipinski definition) is 2. The van der Waals surface area contributed by atoms with E-state index in [-0.39, 0.29) is 18.2 Å². The van der Waals surface area contributed by atoms with Gasteiger partial charge in [0.25, 0.3) is 0 Å². The fraction of sp³-hybridized carbons (Fsp3) is 0.500. The minimum Gasteiger partial charge on any atom is -0.389 e. The maximum atomic E-state index is 11.7. The summed E-state index contributed by atoms with van der Waals surface area (Å²) in [6.45, 7) is 2.92. The molecule has 4 heteroatoms. The van der Waals surface area contributed by atoms with Crippen molar-refractivity contribution in [3.63, 3.8) is 0 Å². The molecule has 2 rings (SSSR count). The Bertz CT molecular complexity index is 388. The first-order valence-corrected chi connectivity index (χ1v) is 6.42. The number of amides is 2. The third-order valence-electron chi connectivity index (χ3n) is 3.23. The van der Waals surface area contributed by atoms with Crippen LogP contribution < -0.4 is 5.32 Å². The highest BCUT2D eigenvalue weighted by molar-refractivity contribution is 5.75. The van der Waals surface area contributed by atoms with Crippen LogP contribution >= 0.6 is 0 Å². The molecule has 1 aliphatic heterocycles. The van der Waals surface area contributed by atoms with Gasteiger partial charge in [0, 0.05) is 6.04 Å². The molecule has 1 aromatic rings. The molecule has 0 radical (unpaired) electrons. The quantitative estimate of drug-likeness (QED) is 0.846. The molecule has 1 saturated heterocycles. The molecule has 1 atom stereocenters. The highest BCUT2D eigenvalue weighted by atomic mass is 16.3. The number of aliphatic hydroxyl groups excluding tert-OH is 1. The third-order valence-corrected chi connectivity index (χ3v) is 3.23. The lowest BCUT2D eigenvalue weighted by Crippen LogP contribution is -2.57. The lowest BCUT2D eigenvalue weighted by molar-refractivity contribution is 0.0258. The Morgan fingerprint density at radius 3 is 2.72 bits per heavy atom. The molecule has 2 N–H and O–H groups in total. The number of urea groups is 1. The van der Waals surface area contributed by atoms with Crippen molar-refractivity contribution in [2.75, 3.05) is 13.1 Å². The van der Waals surface area contributed by atoms with Crippen LogP contribution in [0, 0.1) is 0 Å². The molecular weight excluding hydrogens is 228 g/mol. The zero-order valence-electron chi connectivity index (χ0n) is 10.7. The fourth-order valence-electron chi connectivity index (χ4n) is 2.02. The van der Waals surface area contributed by atoms with Gasteiger partial charge in [-0.05, 0) is 25.3 Å². The number of β-amino-alcohol motifs (C(OH)–C–C–N with tert-alkyl or cyclic N) is 1. The summed E-state index contributed by atoms with van der Waals surface area (Å²) in [5.74, 6) is 0. The number of hydrogen-bond donors (Lipinski definition) is 2. The molecule has 0 saturated carbocycles. The van der Waals surface area contributed by atoms with E-state index in [2.05, 4.69) is 17.4 Å². The topological polar surface area (TPSA) is 52.6 Å². The van der Waals surface area contributed by atoms with Crippen molar-refractivity contribution in [3.8, 4) is 0 Å². The Morgan fingerprint density at radius 1 is 1.44 bits per heavy atom. The van der Waals surface area contributed by atoms with Gasteiger partial charge in [0.2, 0.25) is 0 Å². The normalized spacial score (nSPS) is 17.1. The number of benzene rings is 1. The molecule has 0 bridgehead atoms. The van der Waals surface area contributed by atoms with Crippen LogP contribution in [0.1, 0.15) is 18.9 Å². The smallest absolute Gasteiger partial charge is 0.317 e. The molecule has 18 heavy (non-hydrogen) atoms. The Morgan fingerprint density at radius 2 is 2.11 bits per heavy atom. The Hall–Kier alpha value is -1.55. The van der Waals surface area contributed by atoms with Crippen LogP contribution in [0.4, 0.5) is 4.79 Å². The van der Waals surface area contributed by atoms with Gasteiger partial charge >= 0.3 is 6.03 Å². The van der Waals surface area contributed by atoms with Crippen LogP contribution in [0.25, 0.3) is 0 Å². The summed E-state index contributed by atoms with van der Waals surface area (Å²) in [5, 5.41) is 12.1. The highest BCUT2D eigenvalue weighted by Gasteiger charge is 2.29. The van der Waals surface area contributed by atoms with Crippen LogP contribution in [0.5, 0.6) is 0 Å². The zero-order chi connectivity index (χ0) is 13.0. The van der Waals surface area contributed by atoms with Crippen LogP contribution in [-0.2, 0) is 6.42 Å². The largest absolute Gasteiger partial charge is 0.389 e. The van der Waals surface area contributed by atoms with Crippen molar-refractivity contribution in [2.24, 2.45) is 0 Å². The molecule has 0 spiro atoms. The lowest BCUT2D eigenvalue weighted by atomic mass is 10.1. The number of aliphatic hydroxyl groups is 1. The number of carbonyl (C=O) groups excluding carboxylic acids is 1. The van der Waals surface area contributed by atoms with Crippen molar-refractivity contribution in [1.82, 2.24) is 10.2 Å². The summed E-state index contributed by atoms with van der Waals surface area (Å²) >= 11 is 0. The Balaban J connectivity index is 1.69. The van der Waals surface area contributed by atoms with E-state index in [0.717, 1.165) is 12.8 Å². The number of rotatable bonds is 4. The minimum atomic E-state index is -0.338. The molecule has 98 valence electrons. The van der Waals surface area contributed by atoms with Gasteiger partial charge in [-0.3, -0.25) is 0 Å². The Kier molecular flexibility index (Phi) is 4.20. The van der Waals surface area contributed by atoms with Gasteiger partial charge in [0.05, 0.1) is 19.2 Å². The van der Waals surface area contributed by atoms with Crippen LogP contribution in [-0.4, -0.2) is 41.3 Å². The molecular formula is C14H20N2O2. The van der Waals surface area contributed by atoms with Crippen molar-refractivity contribution in [3.05, 3.63) is 35.9 Å². The number of likely N-dealkylation sites (tertiary alicyclic amines) is 1. The van der Waals surface area contributed by atoms with Crippen LogP contribution in [0.15, 0.2) is 30.3 Å². The molecule has 0 aliphatic carbocycles. The number of nitrogens with zero attached hydrogens (tertiary/aromatic N) is 1. The monoisotopic (exact) mass is 248 g/mol. The standard InChI is InChI=1S/C14H20N2O2/c1-11(7-8-12-5-3-2-4-6-12)15-14(18)16-9-13(17)10-16/h2-6,11,13,17H,7-10H2,1H3,(H,15,18). The SMILES string of the molecule is CC(CCc1ccccc1)NC(=O)N1CC(O)C1. The van der Waals surface area contributed by atoms with Crippen molar-refractivity contribution in [2.45, 2.75) is 31.9 Å². The number of nitrogens with one attached hydrogen (secondary N) is 1. The van der Waals surface area contributed by atoms with Gasteiger partial charge in [-0.15, -0.1) is 0 Å². The zero-order valence-corrected chi connectivity index (χ0v) is 10.7. The second-order valence-electron chi connectivity index (χ2n) is 4.93. The van der Waals surface area contributed by atoms with Gasteiger partial charge in [-0.1, -0.05) is 30.3 Å². The molecule has 1 heterocycles. The van der Waals surface area contributed by atoms with Crippen LogP contribution in [0.2, 0.25) is 0 Å². The second-order valence-corrected chi connectivity index (χ2v) is 4.93. The summed E-state index contributed by atoms with van der Waals surface area (Å²) in [6.07, 6.45) is 1.55. The van der Waals surface area contributed by atoms with Gasteiger partial charge < -0.3 is 15.3 Å². The van der Waals surface area contributed by atoms with Crippen LogP contribution in [0.3, 0.4) is 0 Å². The molecule has 0 aromatic heterocycles. The lowest BCUT2D eigenvalue weighted by Gasteiger charge is -2.36. The highest BCUT2D eigenvalue weighted by Crippen LogP contribution is 2.09. The molecule has 4 nitrogen and oxygen atoms in total. The molecule has 1 aromatic carbocycles. The summed E-state index contributed by atoms with van der Waals surface area (Å²) < 4.78 is 0. The maximum absolute atomic E-state index is 11.7. The predicted octanol–water partition coefficient (Wildman–Crippen LogP) is 1.39. The van der Waals surface area contributed by atoms with Crippen molar-refractivity contribution in [1.29, 1.82) is 0 Å². The van der Waals surface area contributed by atoms with E-state index < -0.39 is 0 Å². The summed E-state index contributed by atoms with van der Waals surface area (Å²) in [6, 6.07) is 10.3.